The minimum absolute atomic E-state index is 0.130. The quantitative estimate of drug-likeness (QED) is 0.942. The van der Waals surface area contributed by atoms with Crippen LogP contribution in [0, 0.1) is 17.2 Å². The second kappa shape index (κ2) is 6.58. The highest BCUT2D eigenvalue weighted by Crippen LogP contribution is 2.29. The zero-order valence-electron chi connectivity index (χ0n) is 12.0. The van der Waals surface area contributed by atoms with Crippen LogP contribution in [0.5, 0.6) is 0 Å². The molecule has 22 heavy (non-hydrogen) atoms. The van der Waals surface area contributed by atoms with E-state index in [1.165, 1.54) is 11.3 Å². The number of rotatable bonds is 3. The monoisotopic (exact) mass is 312 g/mol. The van der Waals surface area contributed by atoms with Gasteiger partial charge in [0, 0.05) is 25.7 Å². The van der Waals surface area contributed by atoms with E-state index in [2.05, 4.69) is 16.4 Å². The zero-order chi connectivity index (χ0) is 15.4. The number of carbonyl (C=O) groups excluding carboxylic acids is 1. The summed E-state index contributed by atoms with van der Waals surface area (Å²) in [5, 5.41) is 12.2. The van der Waals surface area contributed by atoms with Gasteiger partial charge in [0.25, 0.3) is 0 Å². The minimum atomic E-state index is -0.130. The van der Waals surface area contributed by atoms with Gasteiger partial charge in [-0.2, -0.15) is 5.26 Å². The van der Waals surface area contributed by atoms with Crippen LogP contribution in [0.1, 0.15) is 12.8 Å². The molecule has 5 nitrogen and oxygen atoms in total. The Labute approximate surface area is 133 Å². The van der Waals surface area contributed by atoms with Gasteiger partial charge in [-0.25, -0.2) is 9.78 Å². The van der Waals surface area contributed by atoms with E-state index in [9.17, 15) is 4.79 Å². The molecular formula is C16H16N4OS. The van der Waals surface area contributed by atoms with E-state index in [0.717, 1.165) is 16.9 Å². The number of hydrogen-bond acceptors (Lipinski definition) is 4. The van der Waals surface area contributed by atoms with Crippen LogP contribution in [0.25, 0.3) is 10.4 Å². The highest BCUT2D eigenvalue weighted by molar-refractivity contribution is 7.19. The Morgan fingerprint density at radius 3 is 3.05 bits per heavy atom. The molecule has 112 valence electrons. The van der Waals surface area contributed by atoms with Crippen molar-refractivity contribution >= 4 is 22.5 Å². The standard InChI is InChI=1S/C16H16N4OS/c17-8-6-12-7-9-20(11-12)16(21)19-15-18-10-14(22-15)13-4-2-1-3-5-13/h1-5,10,12H,6-7,9,11H2,(H,18,19,21)/t12-/m0/s1. The van der Waals surface area contributed by atoms with Gasteiger partial charge in [-0.15, -0.1) is 0 Å². The first-order valence-electron chi connectivity index (χ1n) is 7.20. The molecule has 0 aliphatic carbocycles. The van der Waals surface area contributed by atoms with E-state index < -0.39 is 0 Å². The maximum absolute atomic E-state index is 12.2. The predicted molar refractivity (Wildman–Crippen MR) is 86.5 cm³/mol. The van der Waals surface area contributed by atoms with Crippen molar-refractivity contribution in [3.63, 3.8) is 0 Å². The number of anilines is 1. The zero-order valence-corrected chi connectivity index (χ0v) is 12.8. The molecule has 0 spiro atoms. The first-order valence-corrected chi connectivity index (χ1v) is 8.02. The maximum atomic E-state index is 12.2. The molecule has 2 heterocycles. The number of amides is 2. The van der Waals surface area contributed by atoms with Crippen LogP contribution in [0.2, 0.25) is 0 Å². The van der Waals surface area contributed by atoms with Crippen molar-refractivity contribution in [2.24, 2.45) is 5.92 Å². The molecule has 1 aliphatic heterocycles. The van der Waals surface area contributed by atoms with Gasteiger partial charge in [-0.05, 0) is 17.9 Å². The van der Waals surface area contributed by atoms with Crippen LogP contribution < -0.4 is 5.32 Å². The van der Waals surface area contributed by atoms with Crippen molar-refractivity contribution in [1.82, 2.24) is 9.88 Å². The SMILES string of the molecule is N#CC[C@H]1CCN(C(=O)Nc2ncc(-c3ccccc3)s2)C1. The maximum Gasteiger partial charge on any atom is 0.323 e. The lowest BCUT2D eigenvalue weighted by atomic mass is 10.1. The van der Waals surface area contributed by atoms with Crippen LogP contribution >= 0.6 is 11.3 Å². The van der Waals surface area contributed by atoms with Crippen LogP contribution in [0.4, 0.5) is 9.93 Å². The summed E-state index contributed by atoms with van der Waals surface area (Å²) in [5.41, 5.74) is 1.09. The van der Waals surface area contributed by atoms with E-state index in [4.69, 9.17) is 5.26 Å². The lowest BCUT2D eigenvalue weighted by molar-refractivity contribution is 0.221. The second-order valence-electron chi connectivity index (χ2n) is 5.29. The van der Waals surface area contributed by atoms with Gasteiger partial charge < -0.3 is 4.90 Å². The first-order chi connectivity index (χ1) is 10.8. The molecule has 6 heteroatoms. The van der Waals surface area contributed by atoms with Crippen molar-refractivity contribution in [1.29, 1.82) is 5.26 Å². The Bertz CT molecular complexity index is 692. The Morgan fingerprint density at radius 2 is 2.27 bits per heavy atom. The Hall–Kier alpha value is -2.39. The molecule has 1 atom stereocenters. The molecule has 0 bridgehead atoms. The highest BCUT2D eigenvalue weighted by atomic mass is 32.1. The summed E-state index contributed by atoms with van der Waals surface area (Å²) in [7, 11) is 0. The number of likely N-dealkylation sites (tertiary alicyclic amines) is 1. The molecule has 1 aromatic heterocycles. The third kappa shape index (κ3) is 3.26. The van der Waals surface area contributed by atoms with Gasteiger partial charge >= 0.3 is 6.03 Å². The summed E-state index contributed by atoms with van der Waals surface area (Å²) >= 11 is 1.46. The summed E-state index contributed by atoms with van der Waals surface area (Å²) in [6, 6.07) is 12.0. The number of thiazole rings is 1. The lowest BCUT2D eigenvalue weighted by Gasteiger charge is -2.15. The fourth-order valence-electron chi connectivity index (χ4n) is 2.55. The van der Waals surface area contributed by atoms with Crippen molar-refractivity contribution in [3.05, 3.63) is 36.5 Å². The smallest absolute Gasteiger partial charge is 0.323 e. The van der Waals surface area contributed by atoms with E-state index in [1.54, 1.807) is 11.1 Å². The summed E-state index contributed by atoms with van der Waals surface area (Å²) < 4.78 is 0. The fraction of sp³-hybridized carbons (Fsp3) is 0.312. The number of carbonyl (C=O) groups is 1. The number of nitriles is 1. The van der Waals surface area contributed by atoms with Gasteiger partial charge in [0.1, 0.15) is 0 Å². The molecule has 2 amide bonds. The largest absolute Gasteiger partial charge is 0.324 e. The molecule has 2 aromatic rings. The molecular weight excluding hydrogens is 296 g/mol. The van der Waals surface area contributed by atoms with Gasteiger partial charge in [0.2, 0.25) is 0 Å². The second-order valence-corrected chi connectivity index (χ2v) is 6.32. The van der Waals surface area contributed by atoms with E-state index in [1.807, 2.05) is 30.3 Å². The molecule has 1 aromatic carbocycles. The van der Waals surface area contributed by atoms with Crippen LogP contribution in [-0.2, 0) is 0 Å². The Kier molecular flexibility index (Phi) is 4.35. The average molecular weight is 312 g/mol. The molecule has 1 aliphatic rings. The number of nitrogens with one attached hydrogen (secondary N) is 1. The molecule has 0 saturated carbocycles. The fourth-order valence-corrected chi connectivity index (χ4v) is 3.36. The number of urea groups is 1. The summed E-state index contributed by atoms with van der Waals surface area (Å²) in [6.07, 6.45) is 3.19. The number of nitrogens with zero attached hydrogens (tertiary/aromatic N) is 3. The lowest BCUT2D eigenvalue weighted by Crippen LogP contribution is -2.32. The number of hydrogen-bond donors (Lipinski definition) is 1. The van der Waals surface area contributed by atoms with Gasteiger partial charge in [0.15, 0.2) is 5.13 Å². The number of benzene rings is 1. The van der Waals surface area contributed by atoms with Crippen LogP contribution in [0.15, 0.2) is 36.5 Å². The summed E-state index contributed by atoms with van der Waals surface area (Å²) in [6.45, 7) is 1.35. The summed E-state index contributed by atoms with van der Waals surface area (Å²) in [5.74, 6) is 0.298. The molecule has 0 unspecified atom stereocenters. The summed E-state index contributed by atoms with van der Waals surface area (Å²) in [4.78, 5) is 19.3. The molecule has 1 saturated heterocycles. The normalized spacial score (nSPS) is 17.2. The Morgan fingerprint density at radius 1 is 1.45 bits per heavy atom. The number of aromatic nitrogens is 1. The van der Waals surface area contributed by atoms with Crippen molar-refractivity contribution < 1.29 is 4.79 Å². The van der Waals surface area contributed by atoms with Crippen LogP contribution in [-0.4, -0.2) is 29.0 Å². The van der Waals surface area contributed by atoms with Crippen molar-refractivity contribution in [2.45, 2.75) is 12.8 Å². The predicted octanol–water partition coefficient (Wildman–Crippen LogP) is 3.58. The first kappa shape index (κ1) is 14.5. The van der Waals surface area contributed by atoms with Crippen molar-refractivity contribution in [2.75, 3.05) is 18.4 Å². The average Bonchev–Trinajstić information content (AvgIpc) is 3.18. The molecule has 0 radical (unpaired) electrons. The van der Waals surface area contributed by atoms with Gasteiger partial charge in [-0.1, -0.05) is 41.7 Å². The van der Waals surface area contributed by atoms with Crippen molar-refractivity contribution in [3.8, 4) is 16.5 Å². The highest BCUT2D eigenvalue weighted by Gasteiger charge is 2.26. The third-order valence-electron chi connectivity index (χ3n) is 3.73. The molecule has 1 fully saturated rings. The topological polar surface area (TPSA) is 69.0 Å². The Balaban J connectivity index is 1.61. The van der Waals surface area contributed by atoms with Gasteiger partial charge in [0.05, 0.1) is 10.9 Å². The minimum Gasteiger partial charge on any atom is -0.324 e. The molecule has 1 N–H and O–H groups in total. The van der Waals surface area contributed by atoms with Crippen LogP contribution in [0.3, 0.4) is 0 Å². The third-order valence-corrected chi connectivity index (χ3v) is 4.69. The van der Waals surface area contributed by atoms with E-state index in [-0.39, 0.29) is 6.03 Å². The van der Waals surface area contributed by atoms with E-state index >= 15 is 0 Å². The van der Waals surface area contributed by atoms with Gasteiger partial charge in [-0.3, -0.25) is 5.32 Å². The molecule has 3 rings (SSSR count). The van der Waals surface area contributed by atoms with E-state index in [0.29, 0.717) is 30.6 Å².